The molecule has 1 aromatic carbocycles. The number of carbonyl (C=O) groups is 1. The number of hydrogen-bond acceptors (Lipinski definition) is 5. The Hall–Kier alpha value is -2.73. The summed E-state index contributed by atoms with van der Waals surface area (Å²) >= 11 is 0. The van der Waals surface area contributed by atoms with Crippen molar-refractivity contribution in [2.45, 2.75) is 53.6 Å². The molecule has 1 saturated heterocycles. The van der Waals surface area contributed by atoms with Gasteiger partial charge < -0.3 is 24.2 Å². The summed E-state index contributed by atoms with van der Waals surface area (Å²) in [6, 6.07) is 6.21. The first-order chi connectivity index (χ1) is 15.7. The summed E-state index contributed by atoms with van der Waals surface area (Å²) in [5.74, 6) is 1.30. The normalized spacial score (nSPS) is 21.5. The van der Waals surface area contributed by atoms with Crippen LogP contribution in [0.2, 0.25) is 0 Å². The van der Waals surface area contributed by atoms with Crippen molar-refractivity contribution in [3.05, 3.63) is 53.4 Å². The average molecular weight is 456 g/mol. The summed E-state index contributed by atoms with van der Waals surface area (Å²) in [6.07, 6.45) is 5.94. The van der Waals surface area contributed by atoms with E-state index in [0.717, 1.165) is 36.5 Å². The smallest absolute Gasteiger partial charge is 0.251 e. The lowest BCUT2D eigenvalue weighted by molar-refractivity contribution is -0.124. The fourth-order valence-corrected chi connectivity index (χ4v) is 4.00. The van der Waals surface area contributed by atoms with Gasteiger partial charge in [-0.25, -0.2) is 0 Å². The number of rotatable bonds is 5. The van der Waals surface area contributed by atoms with E-state index in [4.69, 9.17) is 9.47 Å². The highest BCUT2D eigenvalue weighted by molar-refractivity contribution is 5.96. The zero-order valence-electron chi connectivity index (χ0n) is 21.8. The van der Waals surface area contributed by atoms with Gasteiger partial charge in [-0.05, 0) is 69.7 Å². The van der Waals surface area contributed by atoms with E-state index in [0.29, 0.717) is 17.5 Å². The van der Waals surface area contributed by atoms with Gasteiger partial charge in [0.25, 0.3) is 5.91 Å². The maximum Gasteiger partial charge on any atom is 0.251 e. The van der Waals surface area contributed by atoms with Crippen LogP contribution in [0.4, 0.5) is 0 Å². The summed E-state index contributed by atoms with van der Waals surface area (Å²) in [6.45, 7) is 15.3. The van der Waals surface area contributed by atoms with E-state index in [2.05, 4.69) is 43.7 Å². The number of ether oxygens (including phenoxy) is 2. The molecule has 2 aliphatic rings. The van der Waals surface area contributed by atoms with Crippen molar-refractivity contribution in [3.63, 3.8) is 0 Å². The van der Waals surface area contributed by atoms with Crippen LogP contribution >= 0.6 is 0 Å². The zero-order valence-corrected chi connectivity index (χ0v) is 21.8. The van der Waals surface area contributed by atoms with Crippen molar-refractivity contribution in [1.29, 1.82) is 0 Å². The minimum Gasteiger partial charge on any atom is -0.493 e. The lowest BCUT2D eigenvalue weighted by Gasteiger charge is -2.41. The van der Waals surface area contributed by atoms with Crippen LogP contribution in [0, 0.1) is 0 Å². The molecule has 1 unspecified atom stereocenters. The molecule has 182 valence electrons. The summed E-state index contributed by atoms with van der Waals surface area (Å²) in [7, 11) is 5.39. The van der Waals surface area contributed by atoms with Crippen LogP contribution in [0.3, 0.4) is 0 Å². The van der Waals surface area contributed by atoms with E-state index in [1.54, 1.807) is 20.3 Å². The Morgan fingerprint density at radius 3 is 2.36 bits per heavy atom. The van der Waals surface area contributed by atoms with Crippen LogP contribution in [0.1, 0.15) is 47.1 Å². The fraction of sp³-hybridized carbons (Fsp3) is 0.519. The van der Waals surface area contributed by atoms with E-state index in [9.17, 15) is 4.79 Å². The number of allylic oxidation sites excluding steroid dienone is 2. The molecule has 3 rings (SSSR count). The SMILES string of the molecule is CC.COc1ccc(/C(C)=C/C(=O)N2C=C(N3CCN(C)[C@H](C)C3)C=C(C)C2C)cc1OC. The number of carbonyl (C=O) groups excluding carboxylic acids is 1. The zero-order chi connectivity index (χ0) is 24.7. The van der Waals surface area contributed by atoms with E-state index in [-0.39, 0.29) is 11.9 Å². The third-order valence-electron chi connectivity index (χ3n) is 6.48. The molecule has 6 nitrogen and oxygen atoms in total. The maximum absolute atomic E-state index is 13.3. The second-order valence-electron chi connectivity index (χ2n) is 8.54. The van der Waals surface area contributed by atoms with Crippen LogP contribution in [0.5, 0.6) is 11.5 Å². The fourth-order valence-electron chi connectivity index (χ4n) is 4.00. The molecule has 2 aliphatic heterocycles. The predicted molar refractivity (Wildman–Crippen MR) is 136 cm³/mol. The van der Waals surface area contributed by atoms with Gasteiger partial charge in [-0.15, -0.1) is 0 Å². The van der Waals surface area contributed by atoms with Gasteiger partial charge in [0.15, 0.2) is 11.5 Å². The van der Waals surface area contributed by atoms with Gasteiger partial charge in [-0.1, -0.05) is 19.9 Å². The minimum absolute atomic E-state index is 0.0214. The first-order valence-corrected chi connectivity index (χ1v) is 11.8. The quantitative estimate of drug-likeness (QED) is 0.598. The number of benzene rings is 1. The lowest BCUT2D eigenvalue weighted by atomic mass is 10.0. The Morgan fingerprint density at radius 2 is 1.76 bits per heavy atom. The largest absolute Gasteiger partial charge is 0.493 e. The molecule has 0 bridgehead atoms. The monoisotopic (exact) mass is 455 g/mol. The lowest BCUT2D eigenvalue weighted by Crippen LogP contribution is -2.50. The van der Waals surface area contributed by atoms with Crippen LogP contribution < -0.4 is 9.47 Å². The van der Waals surface area contributed by atoms with Crippen molar-refractivity contribution in [3.8, 4) is 11.5 Å². The number of nitrogens with zero attached hydrogens (tertiary/aromatic N) is 3. The van der Waals surface area contributed by atoms with Gasteiger partial charge in [0.05, 0.1) is 26.0 Å². The Kier molecular flexibility index (Phi) is 9.59. The number of likely N-dealkylation sites (N-methyl/N-ethyl adjacent to an activating group) is 1. The van der Waals surface area contributed by atoms with Gasteiger partial charge in [0.1, 0.15) is 0 Å². The Morgan fingerprint density at radius 1 is 1.09 bits per heavy atom. The Balaban J connectivity index is 0.00000187. The van der Waals surface area contributed by atoms with Crippen molar-refractivity contribution in [2.75, 3.05) is 40.9 Å². The standard InChI is InChI=1S/C25H35N3O3.C2H6/c1-17-12-22(27-11-10-26(5)19(3)15-27)16-28(20(17)4)25(29)13-18(2)21-8-9-23(30-6)24(14-21)31-7;1-2/h8-9,12-14,16,19-20H,10-11,15H2,1-7H3;1-2H3/b18-13+;/t19-,20?;/m1./s1. The van der Waals surface area contributed by atoms with Crippen LogP contribution in [0.15, 0.2) is 47.8 Å². The first kappa shape index (κ1) is 26.5. The van der Waals surface area contributed by atoms with Crippen LogP contribution in [0.25, 0.3) is 5.57 Å². The third-order valence-corrected chi connectivity index (χ3v) is 6.48. The molecule has 33 heavy (non-hydrogen) atoms. The number of methoxy groups -OCH3 is 2. The molecule has 0 saturated carbocycles. The molecular weight excluding hydrogens is 414 g/mol. The van der Waals surface area contributed by atoms with E-state index in [1.807, 2.05) is 50.1 Å². The van der Waals surface area contributed by atoms with Gasteiger partial charge in [0.2, 0.25) is 0 Å². The molecule has 0 aliphatic carbocycles. The second kappa shape index (κ2) is 11.9. The van der Waals surface area contributed by atoms with Crippen LogP contribution in [-0.4, -0.2) is 73.6 Å². The second-order valence-corrected chi connectivity index (χ2v) is 8.54. The molecule has 1 amide bonds. The van der Waals surface area contributed by atoms with E-state index < -0.39 is 0 Å². The highest BCUT2D eigenvalue weighted by Crippen LogP contribution is 2.31. The van der Waals surface area contributed by atoms with E-state index in [1.165, 1.54) is 5.57 Å². The summed E-state index contributed by atoms with van der Waals surface area (Å²) in [5.41, 5.74) is 4.12. The minimum atomic E-state index is -0.0214. The summed E-state index contributed by atoms with van der Waals surface area (Å²) in [4.78, 5) is 19.9. The Bertz CT molecular complexity index is 919. The Labute approximate surface area is 200 Å². The molecule has 0 N–H and O–H groups in total. The van der Waals surface area contributed by atoms with Gasteiger partial charge in [-0.2, -0.15) is 0 Å². The highest BCUT2D eigenvalue weighted by atomic mass is 16.5. The van der Waals surface area contributed by atoms with Gasteiger partial charge >= 0.3 is 0 Å². The molecule has 1 fully saturated rings. The van der Waals surface area contributed by atoms with Crippen molar-refractivity contribution in [2.24, 2.45) is 0 Å². The molecule has 0 spiro atoms. The molecule has 0 aromatic heterocycles. The molecular formula is C27H41N3O3. The maximum atomic E-state index is 13.3. The first-order valence-electron chi connectivity index (χ1n) is 11.8. The van der Waals surface area contributed by atoms with Crippen molar-refractivity contribution in [1.82, 2.24) is 14.7 Å². The number of amides is 1. The third kappa shape index (κ3) is 6.20. The predicted octanol–water partition coefficient (Wildman–Crippen LogP) is 4.79. The molecule has 6 heteroatoms. The number of hydrogen-bond donors (Lipinski definition) is 0. The molecule has 2 heterocycles. The summed E-state index contributed by atoms with van der Waals surface area (Å²) in [5, 5.41) is 0. The number of piperazine rings is 1. The van der Waals surface area contributed by atoms with Crippen molar-refractivity contribution < 1.29 is 14.3 Å². The van der Waals surface area contributed by atoms with Crippen molar-refractivity contribution >= 4 is 11.5 Å². The average Bonchev–Trinajstić information content (AvgIpc) is 2.83. The van der Waals surface area contributed by atoms with E-state index >= 15 is 0 Å². The molecule has 0 radical (unpaired) electrons. The highest BCUT2D eigenvalue weighted by Gasteiger charge is 2.27. The van der Waals surface area contributed by atoms with Gasteiger partial charge in [-0.3, -0.25) is 4.79 Å². The van der Waals surface area contributed by atoms with Crippen LogP contribution in [-0.2, 0) is 4.79 Å². The van der Waals surface area contributed by atoms with Gasteiger partial charge in [0, 0.05) is 38.0 Å². The molecule has 2 atom stereocenters. The molecule has 1 aromatic rings. The summed E-state index contributed by atoms with van der Waals surface area (Å²) < 4.78 is 10.7. The topological polar surface area (TPSA) is 45.2 Å².